The Balaban J connectivity index is 1.93. The van der Waals surface area contributed by atoms with Crippen LogP contribution in [0.2, 0.25) is 0 Å². The van der Waals surface area contributed by atoms with Crippen LogP contribution in [-0.4, -0.2) is 35.5 Å². The molecule has 126 valence electrons. The van der Waals surface area contributed by atoms with Crippen molar-refractivity contribution in [2.45, 2.75) is 37.8 Å². The summed E-state index contributed by atoms with van der Waals surface area (Å²) in [5, 5.41) is 1.37. The highest BCUT2D eigenvalue weighted by Gasteiger charge is 2.50. The third-order valence-electron chi connectivity index (χ3n) is 5.65. The lowest BCUT2D eigenvalue weighted by molar-refractivity contribution is 0.233. The molecule has 0 amide bonds. The van der Waals surface area contributed by atoms with Gasteiger partial charge in [-0.2, -0.15) is 0 Å². The molecule has 2 atom stereocenters. The van der Waals surface area contributed by atoms with Gasteiger partial charge >= 0.3 is 0 Å². The quantitative estimate of drug-likeness (QED) is 0.728. The summed E-state index contributed by atoms with van der Waals surface area (Å²) in [6.07, 6.45) is 5.29. The Hall–Kier alpha value is -1.41. The molecule has 2 aliphatic rings. The molecule has 1 aliphatic carbocycles. The first kappa shape index (κ1) is 16.1. The van der Waals surface area contributed by atoms with E-state index >= 15 is 0 Å². The smallest absolute Gasteiger partial charge is 0.132 e. The van der Waals surface area contributed by atoms with Gasteiger partial charge in [0.05, 0.1) is 5.69 Å². The SMILES string of the molecule is CN1[C@@H]2CCCC[C@H]2N(C)P1(=Nc1ccccc1)c1ccccc1. The van der Waals surface area contributed by atoms with E-state index in [4.69, 9.17) is 4.74 Å². The minimum absolute atomic E-state index is 0.629. The Morgan fingerprint density at radius 3 is 1.83 bits per heavy atom. The van der Waals surface area contributed by atoms with Crippen LogP contribution in [0, 0.1) is 0 Å². The highest BCUT2D eigenvalue weighted by molar-refractivity contribution is 7.69. The van der Waals surface area contributed by atoms with Crippen LogP contribution in [0.3, 0.4) is 0 Å². The molecule has 24 heavy (non-hydrogen) atoms. The van der Waals surface area contributed by atoms with Gasteiger partial charge in [-0.3, -0.25) is 9.34 Å². The number of likely N-dealkylation sites (N-methyl/N-ethyl adjacent to an activating group) is 2. The second-order valence-corrected chi connectivity index (χ2v) is 10.0. The second-order valence-electron chi connectivity index (χ2n) is 6.91. The maximum absolute atomic E-state index is 5.41. The fourth-order valence-electron chi connectivity index (χ4n) is 4.45. The average Bonchev–Trinajstić information content (AvgIpc) is 2.86. The van der Waals surface area contributed by atoms with E-state index in [1.807, 2.05) is 0 Å². The van der Waals surface area contributed by atoms with Crippen LogP contribution in [0.15, 0.2) is 65.4 Å². The molecule has 4 rings (SSSR count). The van der Waals surface area contributed by atoms with Gasteiger partial charge in [0.15, 0.2) is 0 Å². The summed E-state index contributed by atoms with van der Waals surface area (Å²) in [6.45, 7) is 0. The molecule has 2 aromatic carbocycles. The zero-order valence-corrected chi connectivity index (χ0v) is 15.4. The van der Waals surface area contributed by atoms with Crippen LogP contribution in [-0.2, 0) is 0 Å². The molecule has 1 saturated heterocycles. The predicted octanol–water partition coefficient (Wildman–Crippen LogP) is 4.86. The van der Waals surface area contributed by atoms with E-state index in [-0.39, 0.29) is 0 Å². The fraction of sp³-hybridized carbons (Fsp3) is 0.400. The van der Waals surface area contributed by atoms with E-state index in [0.29, 0.717) is 12.1 Å². The molecule has 2 fully saturated rings. The number of fused-ring (bicyclic) bond motifs is 1. The van der Waals surface area contributed by atoms with Gasteiger partial charge < -0.3 is 0 Å². The third-order valence-corrected chi connectivity index (χ3v) is 9.50. The number of hydrogen-bond donors (Lipinski definition) is 0. The van der Waals surface area contributed by atoms with Crippen molar-refractivity contribution in [2.24, 2.45) is 4.74 Å². The first-order valence-electron chi connectivity index (χ1n) is 8.93. The van der Waals surface area contributed by atoms with Gasteiger partial charge in [-0.05, 0) is 39.1 Å². The van der Waals surface area contributed by atoms with Gasteiger partial charge in [0, 0.05) is 17.4 Å². The lowest BCUT2D eigenvalue weighted by Gasteiger charge is -2.33. The van der Waals surface area contributed by atoms with Gasteiger partial charge in [0.1, 0.15) is 7.36 Å². The normalized spacial score (nSPS) is 26.9. The van der Waals surface area contributed by atoms with Gasteiger partial charge in [-0.25, -0.2) is 4.74 Å². The van der Waals surface area contributed by atoms with Crippen molar-refractivity contribution in [3.8, 4) is 0 Å². The maximum Gasteiger partial charge on any atom is 0.132 e. The molecule has 2 aromatic rings. The monoisotopic (exact) mass is 339 g/mol. The molecule has 1 aliphatic heterocycles. The summed E-state index contributed by atoms with van der Waals surface area (Å²) in [5.74, 6) is 0. The number of rotatable bonds is 2. The van der Waals surface area contributed by atoms with E-state index in [0.717, 1.165) is 5.69 Å². The highest BCUT2D eigenvalue weighted by Crippen LogP contribution is 2.64. The van der Waals surface area contributed by atoms with E-state index < -0.39 is 7.36 Å². The van der Waals surface area contributed by atoms with Crippen molar-refractivity contribution in [3.05, 3.63) is 60.7 Å². The molecule has 0 radical (unpaired) electrons. The van der Waals surface area contributed by atoms with Gasteiger partial charge in [-0.1, -0.05) is 61.4 Å². The van der Waals surface area contributed by atoms with Crippen LogP contribution in [0.5, 0.6) is 0 Å². The molecule has 0 N–H and O–H groups in total. The molecule has 4 heteroatoms. The molecule has 1 heterocycles. The van der Waals surface area contributed by atoms with E-state index in [1.165, 1.54) is 31.0 Å². The Bertz CT molecular complexity index is 722. The maximum atomic E-state index is 5.41. The lowest BCUT2D eigenvalue weighted by atomic mass is 9.91. The molecule has 0 unspecified atom stereocenters. The van der Waals surface area contributed by atoms with Crippen molar-refractivity contribution >= 4 is 18.3 Å². The fourth-order valence-corrected chi connectivity index (χ4v) is 8.41. The number of benzene rings is 2. The van der Waals surface area contributed by atoms with E-state index in [9.17, 15) is 0 Å². The molecule has 3 nitrogen and oxygen atoms in total. The number of nitrogens with zero attached hydrogens (tertiary/aromatic N) is 3. The summed E-state index contributed by atoms with van der Waals surface area (Å²) >= 11 is 0. The van der Waals surface area contributed by atoms with Gasteiger partial charge in [0.2, 0.25) is 0 Å². The van der Waals surface area contributed by atoms with Crippen molar-refractivity contribution in [1.82, 2.24) is 9.34 Å². The molecule has 0 aromatic heterocycles. The second kappa shape index (κ2) is 6.48. The van der Waals surface area contributed by atoms with Gasteiger partial charge in [0.25, 0.3) is 0 Å². The van der Waals surface area contributed by atoms with Crippen molar-refractivity contribution in [2.75, 3.05) is 14.1 Å². The zero-order chi connectivity index (χ0) is 16.6. The Labute approximate surface area is 145 Å². The van der Waals surface area contributed by atoms with Crippen molar-refractivity contribution < 1.29 is 0 Å². The molecule has 0 bridgehead atoms. The Morgan fingerprint density at radius 2 is 1.29 bits per heavy atom. The predicted molar refractivity (Wildman–Crippen MR) is 103 cm³/mol. The summed E-state index contributed by atoms with van der Waals surface area (Å²) in [4.78, 5) is 0. The Kier molecular flexibility index (Phi) is 4.34. The first-order chi connectivity index (χ1) is 11.7. The summed E-state index contributed by atoms with van der Waals surface area (Å²) in [6, 6.07) is 22.7. The molecule has 1 saturated carbocycles. The molecular formula is C20H26N3P. The van der Waals surface area contributed by atoms with Gasteiger partial charge in [-0.15, -0.1) is 0 Å². The van der Waals surface area contributed by atoms with E-state index in [2.05, 4.69) is 84.1 Å². The minimum atomic E-state index is -1.92. The Morgan fingerprint density at radius 1 is 0.792 bits per heavy atom. The van der Waals surface area contributed by atoms with E-state index in [1.54, 1.807) is 0 Å². The van der Waals surface area contributed by atoms with Crippen molar-refractivity contribution in [3.63, 3.8) is 0 Å². The largest absolute Gasteiger partial charge is 0.253 e. The summed E-state index contributed by atoms with van der Waals surface area (Å²) in [7, 11) is 2.69. The number of hydrogen-bond acceptors (Lipinski definition) is 1. The van der Waals surface area contributed by atoms with Crippen LogP contribution >= 0.6 is 7.36 Å². The highest BCUT2D eigenvalue weighted by atomic mass is 31.2. The zero-order valence-electron chi connectivity index (χ0n) is 14.5. The van der Waals surface area contributed by atoms with Crippen LogP contribution in [0.25, 0.3) is 0 Å². The summed E-state index contributed by atoms with van der Waals surface area (Å²) in [5.41, 5.74) is 1.09. The van der Waals surface area contributed by atoms with Crippen LogP contribution in [0.1, 0.15) is 25.7 Å². The first-order valence-corrected chi connectivity index (χ1v) is 10.6. The van der Waals surface area contributed by atoms with Crippen molar-refractivity contribution in [1.29, 1.82) is 0 Å². The topological polar surface area (TPSA) is 18.8 Å². The average molecular weight is 339 g/mol. The molecular weight excluding hydrogens is 313 g/mol. The van der Waals surface area contributed by atoms with Crippen LogP contribution < -0.4 is 5.30 Å². The standard InChI is InChI=1S/C20H26N3P/c1-22-19-15-9-10-16-20(19)23(2)24(22,18-13-7-4-8-14-18)21-17-11-5-3-6-12-17/h3-8,11-14,19-20H,9-10,15-16H2,1-2H3/t19-,20-/m1/s1. The molecule has 0 spiro atoms. The van der Waals surface area contributed by atoms with Crippen LogP contribution in [0.4, 0.5) is 5.69 Å². The minimum Gasteiger partial charge on any atom is -0.253 e. The lowest BCUT2D eigenvalue weighted by Crippen LogP contribution is -2.37. The summed E-state index contributed by atoms with van der Waals surface area (Å²) < 4.78 is 10.7. The third kappa shape index (κ3) is 2.47.